The molecule has 708 valence electrons. The molecule has 8 heterocycles. The molecule has 38 nitrogen and oxygen atoms in total. The van der Waals surface area contributed by atoms with Gasteiger partial charge in [0.1, 0.15) is 45.6 Å². The Balaban J connectivity index is 0.000000132. The Bertz CT molecular complexity index is 8620. The molecule has 0 aliphatic heterocycles. The smallest absolute Gasteiger partial charge is 0.354 e. The van der Waals surface area contributed by atoms with Crippen LogP contribution in [0.15, 0.2) is 313 Å². The maximum absolute atomic E-state index is 12.0. The summed E-state index contributed by atoms with van der Waals surface area (Å²) in [7, 11) is -8.94. The fourth-order valence-corrected chi connectivity index (χ4v) is 17.3. The van der Waals surface area contributed by atoms with E-state index in [9.17, 15) is 125 Å². The van der Waals surface area contributed by atoms with Crippen molar-refractivity contribution in [3.63, 3.8) is 0 Å². The average Bonchev–Trinajstić information content (AvgIpc) is 0.750. The highest BCUT2D eigenvalue weighted by molar-refractivity contribution is 7.86. The van der Waals surface area contributed by atoms with E-state index in [2.05, 4.69) is 39.9 Å². The quantitative estimate of drug-likeness (QED) is 0.0111. The SMILES string of the molecule is Nc1ccc(-c2cc(C(=O)O)nc3c2ccc2c(-c4ccc(N)cc4)cc(C(=O)O)nc23)cc1.O=C(O)c1cc(-c2ccc(S(=O)(=O)O)cc2)c2ccc3c(-c4ccc(S(=O)(=O)O)cc4)cc(C(=O)O)nc3c2n1.O=C(O)c1cc(-c2ccc([N+](=O)[O-])cc2)c2ccc3c(-c4ccc([N+](=O)[O-])cc4)cc(C(=O)O)nc3c2n1.O=C(O)c1cc(-c2ccccc2)c2ccc3c(-c4ccccc4)cc(C(=O)O)nc3c2n1. The average molecular weight is 1960 g/mol. The van der Waals surface area contributed by atoms with Crippen molar-refractivity contribution in [2.45, 2.75) is 9.79 Å². The van der Waals surface area contributed by atoms with Gasteiger partial charge in [0.05, 0.1) is 63.8 Å². The summed E-state index contributed by atoms with van der Waals surface area (Å²) in [5.74, 6) is -10.2. The molecule has 0 spiro atoms. The summed E-state index contributed by atoms with van der Waals surface area (Å²) in [6, 6.07) is 79.3. The van der Waals surface area contributed by atoms with Gasteiger partial charge in [0.15, 0.2) is 0 Å². The summed E-state index contributed by atoms with van der Waals surface area (Å²) in [5, 5.41) is 104. The molecule has 0 saturated heterocycles. The molecular formula is C104H64N12O26S2. The molecule has 0 saturated carbocycles. The minimum atomic E-state index is -4.47. The summed E-state index contributed by atoms with van der Waals surface area (Å²) < 4.78 is 64.4. The second-order valence-electron chi connectivity index (χ2n) is 31.9. The van der Waals surface area contributed by atoms with Crippen LogP contribution in [0.2, 0.25) is 0 Å². The van der Waals surface area contributed by atoms with Gasteiger partial charge >= 0.3 is 47.8 Å². The molecule has 144 heavy (non-hydrogen) atoms. The van der Waals surface area contributed by atoms with Crippen LogP contribution in [0.25, 0.3) is 176 Å². The van der Waals surface area contributed by atoms with Gasteiger partial charge in [-0.25, -0.2) is 78.2 Å². The Morgan fingerprint density at radius 2 is 0.368 bits per heavy atom. The van der Waals surface area contributed by atoms with E-state index in [-0.39, 0.29) is 77.4 Å². The highest BCUT2D eigenvalue weighted by Crippen LogP contribution is 2.44. The van der Waals surface area contributed by atoms with E-state index in [1.807, 2.05) is 84.9 Å². The number of fused-ring (bicyclic) bond motifs is 12. The zero-order valence-corrected chi connectivity index (χ0v) is 74.9. The largest absolute Gasteiger partial charge is 0.477 e. The number of carbonyl (C=O) groups is 8. The van der Waals surface area contributed by atoms with Crippen LogP contribution in [0.4, 0.5) is 22.7 Å². The van der Waals surface area contributed by atoms with E-state index in [4.69, 9.17) is 11.5 Å². The number of carboxylic acids is 8. The summed E-state index contributed by atoms with van der Waals surface area (Å²) in [4.78, 5) is 150. The molecule has 8 aromatic heterocycles. The summed E-state index contributed by atoms with van der Waals surface area (Å²) in [6.45, 7) is 0. The Morgan fingerprint density at radius 3 is 0.514 bits per heavy atom. The molecule has 0 fully saturated rings. The van der Waals surface area contributed by atoms with Gasteiger partial charge in [-0.3, -0.25) is 29.3 Å². The number of pyridine rings is 8. The number of nitro groups is 2. The molecule has 0 atom stereocenters. The third-order valence-electron chi connectivity index (χ3n) is 23.1. The number of rotatable bonds is 20. The van der Waals surface area contributed by atoms with Crippen LogP contribution in [0.3, 0.4) is 0 Å². The minimum Gasteiger partial charge on any atom is -0.477 e. The fraction of sp³-hybridized carbons (Fsp3) is 0. The summed E-state index contributed by atoms with van der Waals surface area (Å²) in [5.41, 5.74) is 21.0. The van der Waals surface area contributed by atoms with Crippen molar-refractivity contribution in [3.05, 3.63) is 369 Å². The highest BCUT2D eigenvalue weighted by atomic mass is 32.2. The van der Waals surface area contributed by atoms with Crippen LogP contribution in [0.1, 0.15) is 83.9 Å². The lowest BCUT2D eigenvalue weighted by Gasteiger charge is -2.14. The van der Waals surface area contributed by atoms with Gasteiger partial charge in [-0.2, -0.15) is 16.8 Å². The molecule has 14 N–H and O–H groups in total. The Hall–Kier alpha value is -20.1. The Kier molecular flexibility index (Phi) is 25.5. The number of nitrogen functional groups attached to an aromatic ring is 2. The van der Waals surface area contributed by atoms with Gasteiger partial charge < -0.3 is 52.3 Å². The Labute approximate surface area is 807 Å². The first kappa shape index (κ1) is 95.6. The number of hydrogen-bond acceptors (Lipinski definition) is 26. The summed E-state index contributed by atoms with van der Waals surface area (Å²) in [6.07, 6.45) is 0. The molecule has 0 aliphatic rings. The maximum atomic E-state index is 12.0. The van der Waals surface area contributed by atoms with E-state index in [1.165, 1.54) is 121 Å². The van der Waals surface area contributed by atoms with E-state index in [0.717, 1.165) is 46.5 Å². The molecular weight excluding hydrogens is 1900 g/mol. The fourth-order valence-electron chi connectivity index (χ4n) is 16.4. The second kappa shape index (κ2) is 38.5. The van der Waals surface area contributed by atoms with Gasteiger partial charge in [-0.1, -0.05) is 158 Å². The Morgan fingerprint density at radius 1 is 0.222 bits per heavy atom. The van der Waals surface area contributed by atoms with Gasteiger partial charge in [-0.15, -0.1) is 0 Å². The van der Waals surface area contributed by atoms with Crippen LogP contribution in [0, 0.1) is 20.2 Å². The van der Waals surface area contributed by atoms with Crippen molar-refractivity contribution in [2.24, 2.45) is 0 Å². The molecule has 0 aliphatic carbocycles. The number of nitro benzene ring substituents is 2. The number of anilines is 2. The second-order valence-corrected chi connectivity index (χ2v) is 34.7. The first-order valence-electron chi connectivity index (χ1n) is 42.2. The summed E-state index contributed by atoms with van der Waals surface area (Å²) >= 11 is 0. The number of hydrogen-bond donors (Lipinski definition) is 12. The molecule has 40 heteroatoms. The van der Waals surface area contributed by atoms with Gasteiger partial charge in [0.2, 0.25) is 0 Å². The first-order chi connectivity index (χ1) is 68.7. The molecule has 20 aromatic rings. The van der Waals surface area contributed by atoms with Gasteiger partial charge in [-0.05, 0) is 210 Å². The highest BCUT2D eigenvalue weighted by Gasteiger charge is 2.28. The van der Waals surface area contributed by atoms with Crippen LogP contribution in [-0.2, 0) is 20.2 Å². The van der Waals surface area contributed by atoms with E-state index < -0.39 is 89.2 Å². The maximum Gasteiger partial charge on any atom is 0.354 e. The number of aromatic nitrogens is 8. The van der Waals surface area contributed by atoms with Crippen molar-refractivity contribution in [1.29, 1.82) is 0 Å². The topological polar surface area (TPSA) is 649 Å². The zero-order chi connectivity index (χ0) is 102. The van der Waals surface area contributed by atoms with Crippen LogP contribution in [0.5, 0.6) is 0 Å². The third kappa shape index (κ3) is 19.3. The van der Waals surface area contributed by atoms with Gasteiger partial charge in [0, 0.05) is 78.7 Å². The van der Waals surface area contributed by atoms with Crippen LogP contribution >= 0.6 is 0 Å². The lowest BCUT2D eigenvalue weighted by Crippen LogP contribution is -2.05. The molecule has 0 radical (unpaired) electrons. The van der Waals surface area contributed by atoms with Crippen molar-refractivity contribution in [2.75, 3.05) is 11.5 Å². The number of benzene rings is 12. The number of nitrogens with zero attached hydrogens (tertiary/aromatic N) is 10. The molecule has 0 amide bonds. The first-order valence-corrected chi connectivity index (χ1v) is 45.1. The predicted octanol–water partition coefficient (Wildman–Crippen LogP) is 19.5. The monoisotopic (exact) mass is 1960 g/mol. The molecule has 0 bridgehead atoms. The van der Waals surface area contributed by atoms with E-state index in [0.29, 0.717) is 143 Å². The lowest BCUT2D eigenvalue weighted by molar-refractivity contribution is -0.385. The minimum absolute atomic E-state index is 0.0464. The molecule has 20 rings (SSSR count). The molecule has 12 aromatic carbocycles. The normalized spacial score (nSPS) is 11.3. The standard InChI is InChI=1S/C26H14N4O8.C26H18N4O4.C26H16N2O10S2.C26H16N2O4/c31-25(32)21-11-19(13-1-5-15(6-2-13)29(35)36)17-9-10-18-20(14-3-7-16(8-4-14)30(37)38)12-22(26(33)34)28-24(18)23(17)27-21;27-15-5-1-13(2-6-15)19-11-21(25(31)32)29-23-17(19)9-10-18-20(14-3-7-16(28)8-4-14)12-22(26(33)34)30-24(18)23;29-25(30)21-11-19(13-1-5-15(6-2-13)39(33,34)35)17-9-10-18-20(14-3-7-16(8-4-14)40(36,37)38)12-22(26(31)32)28-24(18)23(17)27-21;29-25(30)21-13-19(15-7-3-1-4-8-15)17-11-12-18-20(16-9-5-2-6-10-16)14-22(26(31)32)28-24(18)23(17)27-21/h1-12H,(H,31,32)(H,33,34);1-12H,27-28H2,(H,31,32)(H,33,34);1-12H,(H,29,30)(H,31,32)(H,33,34,35)(H,36,37,38);1-14H,(H,29,30)(H,31,32). The van der Waals surface area contributed by atoms with Crippen molar-refractivity contribution < 1.29 is 115 Å². The van der Waals surface area contributed by atoms with E-state index >= 15 is 0 Å². The van der Waals surface area contributed by atoms with Crippen LogP contribution < -0.4 is 11.5 Å². The zero-order valence-electron chi connectivity index (χ0n) is 73.3. The number of aromatic carboxylic acids is 8. The van der Waals surface area contributed by atoms with Crippen molar-refractivity contribution in [3.8, 4) is 89.0 Å². The number of carboxylic acid groups (broad SMARTS) is 8. The van der Waals surface area contributed by atoms with Gasteiger partial charge in [0.25, 0.3) is 31.6 Å². The van der Waals surface area contributed by atoms with E-state index in [1.54, 1.807) is 72.8 Å². The van der Waals surface area contributed by atoms with Crippen molar-refractivity contribution >= 4 is 178 Å². The van der Waals surface area contributed by atoms with Crippen molar-refractivity contribution in [1.82, 2.24) is 39.9 Å². The lowest BCUT2D eigenvalue weighted by atomic mass is 9.95. The van der Waals surface area contributed by atoms with Crippen LogP contribution in [-0.4, -0.2) is 164 Å². The number of non-ortho nitro benzene ring substituents is 2. The molecule has 0 unspecified atom stereocenters. The number of nitrogens with two attached hydrogens (primary N) is 2. The third-order valence-corrected chi connectivity index (χ3v) is 24.8. The predicted molar refractivity (Wildman–Crippen MR) is 529 cm³/mol.